The molecule has 3 saturated heterocycles. The van der Waals surface area contributed by atoms with E-state index in [9.17, 15) is 33.6 Å². The van der Waals surface area contributed by atoms with E-state index in [1.54, 1.807) is 67.8 Å². The molecule has 0 saturated carbocycles. The maximum atomic E-state index is 15.9. The molecule has 0 bridgehead atoms. The Balaban J connectivity index is 0.684. The van der Waals surface area contributed by atoms with E-state index in [1.807, 2.05) is 52.3 Å². The summed E-state index contributed by atoms with van der Waals surface area (Å²) in [5, 5.41) is 5.62. The van der Waals surface area contributed by atoms with E-state index < -0.39 is 66.0 Å². The largest absolute Gasteiger partial charge is 0.487 e. The molecule has 4 aromatic carbocycles. The van der Waals surface area contributed by atoms with Crippen molar-refractivity contribution >= 4 is 79.6 Å². The van der Waals surface area contributed by atoms with Gasteiger partial charge in [-0.3, -0.25) is 49.2 Å². The van der Waals surface area contributed by atoms with Crippen LogP contribution in [0.3, 0.4) is 0 Å². The molecule has 432 valence electrons. The Kier molecular flexibility index (Phi) is 15.6. The number of hydrogen-bond acceptors (Lipinski definition) is 15. The average Bonchev–Trinajstić information content (AvgIpc) is 2.26. The third kappa shape index (κ3) is 12.0. The van der Waals surface area contributed by atoms with Crippen LogP contribution in [0, 0.1) is 18.7 Å². The zero-order valence-corrected chi connectivity index (χ0v) is 47.2. The fourth-order valence-electron chi connectivity index (χ4n) is 11.7. The molecule has 5 aliphatic rings. The standard InChI is InChI=1S/C61H62F3N9O9S/c1-35-38(39-15-17-50(66-53(39)58(80)82-60(2,3)4)72-24-21-37-9-7-11-40(43(37)32-72)54(76)68-59-65-45-12-5-6-14-49(45)83-59)10-8-13-48(35)81-34-61(63,64)31-36-19-22-69(23-20-36)33-52(75)71-27-25-70(26-28-71)47-30-42-41(29-44(47)62)56(78)73(57(42)79)46-16-18-51(74)67-55(46)77/h5-15,17,29-30,36,46H,16,18-28,31-34H2,1-4H3,(H,65,68,76)(H,67,74,77). The van der Waals surface area contributed by atoms with Gasteiger partial charge in [0, 0.05) is 63.2 Å². The summed E-state index contributed by atoms with van der Waals surface area (Å²) >= 11 is 1.40. The summed E-state index contributed by atoms with van der Waals surface area (Å²) in [6.07, 6.45) is 1.04. The molecule has 6 aromatic rings. The highest BCUT2D eigenvalue weighted by molar-refractivity contribution is 7.22. The predicted molar refractivity (Wildman–Crippen MR) is 304 cm³/mol. The van der Waals surface area contributed by atoms with Crippen molar-refractivity contribution in [2.24, 2.45) is 5.92 Å². The number of nitrogens with zero attached hydrogens (tertiary/aromatic N) is 7. The highest BCUT2D eigenvalue weighted by atomic mass is 32.1. The topological polar surface area (TPSA) is 204 Å². The Morgan fingerprint density at radius 3 is 2.25 bits per heavy atom. The number of nitrogens with one attached hydrogen (secondary N) is 2. The number of fused-ring (bicyclic) bond motifs is 3. The molecule has 0 spiro atoms. The van der Waals surface area contributed by atoms with Gasteiger partial charge in [0.15, 0.2) is 17.4 Å². The van der Waals surface area contributed by atoms with Crippen molar-refractivity contribution in [3.8, 4) is 16.9 Å². The number of piperazine rings is 1. The highest BCUT2D eigenvalue weighted by Gasteiger charge is 2.46. The third-order valence-corrected chi connectivity index (χ3v) is 16.9. The van der Waals surface area contributed by atoms with Crippen LogP contribution in [0.25, 0.3) is 21.3 Å². The van der Waals surface area contributed by atoms with Crippen LogP contribution in [0.2, 0.25) is 0 Å². The number of carbonyl (C=O) groups excluding carboxylic acids is 7. The van der Waals surface area contributed by atoms with Crippen LogP contribution < -0.4 is 25.2 Å². The number of imide groups is 2. The number of hydrogen-bond donors (Lipinski definition) is 2. The Morgan fingerprint density at radius 1 is 0.783 bits per heavy atom. The molecule has 0 aliphatic carbocycles. The van der Waals surface area contributed by atoms with E-state index in [4.69, 9.17) is 14.5 Å². The normalized spacial score (nSPS) is 18.1. The molecule has 5 aliphatic heterocycles. The number of alkyl halides is 2. The fourth-order valence-corrected chi connectivity index (χ4v) is 12.5. The van der Waals surface area contributed by atoms with Gasteiger partial charge in [-0.2, -0.15) is 0 Å². The maximum absolute atomic E-state index is 15.9. The quantitative estimate of drug-likeness (QED) is 0.0777. The number of piperidine rings is 2. The van der Waals surface area contributed by atoms with Gasteiger partial charge < -0.3 is 24.2 Å². The number of amides is 6. The number of aromatic nitrogens is 2. The SMILES string of the molecule is Cc1c(OCC(F)(F)CC2CCN(CC(=O)N3CCN(c4cc5c(cc4F)C(=O)N(C4CCC(=O)NC4=O)C5=O)CC3)CC2)cccc1-c1ccc(N2CCc3cccc(C(=O)Nc4nc5ccccc5s4)c3C2)nc1C(=O)OC(C)(C)C. The number of esters is 1. The number of carbonyl (C=O) groups is 7. The van der Waals surface area contributed by atoms with Crippen molar-refractivity contribution in [2.75, 3.05) is 74.1 Å². The monoisotopic (exact) mass is 1150 g/mol. The molecule has 3 fully saturated rings. The minimum atomic E-state index is -3.19. The van der Waals surface area contributed by atoms with E-state index in [-0.39, 0.29) is 91.6 Å². The van der Waals surface area contributed by atoms with Crippen LogP contribution in [0.4, 0.5) is 29.8 Å². The molecule has 22 heteroatoms. The van der Waals surface area contributed by atoms with Gasteiger partial charge in [-0.1, -0.05) is 47.7 Å². The van der Waals surface area contributed by atoms with Crippen LogP contribution in [-0.4, -0.2) is 143 Å². The summed E-state index contributed by atoms with van der Waals surface area (Å²) in [7, 11) is 0. The van der Waals surface area contributed by atoms with Crippen molar-refractivity contribution < 1.29 is 56.2 Å². The van der Waals surface area contributed by atoms with Gasteiger partial charge in [-0.25, -0.2) is 27.9 Å². The van der Waals surface area contributed by atoms with E-state index in [0.29, 0.717) is 78.6 Å². The molecule has 83 heavy (non-hydrogen) atoms. The highest BCUT2D eigenvalue weighted by Crippen LogP contribution is 2.38. The number of anilines is 3. The van der Waals surface area contributed by atoms with Crippen molar-refractivity contribution in [1.82, 2.24) is 30.0 Å². The van der Waals surface area contributed by atoms with Crippen molar-refractivity contribution in [3.05, 3.63) is 130 Å². The molecule has 6 amide bonds. The van der Waals surface area contributed by atoms with Crippen molar-refractivity contribution in [2.45, 2.75) is 90.3 Å². The van der Waals surface area contributed by atoms with Gasteiger partial charge in [-0.05, 0) is 143 Å². The average molecular weight is 1150 g/mol. The summed E-state index contributed by atoms with van der Waals surface area (Å²) in [6, 6.07) is 23.1. The molecule has 18 nitrogen and oxygen atoms in total. The van der Waals surface area contributed by atoms with Gasteiger partial charge in [-0.15, -0.1) is 0 Å². The van der Waals surface area contributed by atoms with E-state index in [2.05, 4.69) is 15.6 Å². The van der Waals surface area contributed by atoms with Gasteiger partial charge in [0.25, 0.3) is 23.6 Å². The van der Waals surface area contributed by atoms with Crippen LogP contribution in [0.5, 0.6) is 5.75 Å². The van der Waals surface area contributed by atoms with Gasteiger partial charge in [0.05, 0.1) is 33.6 Å². The smallest absolute Gasteiger partial charge is 0.358 e. The summed E-state index contributed by atoms with van der Waals surface area (Å²) in [6.45, 7) is 9.06. The first-order valence-electron chi connectivity index (χ1n) is 27.8. The predicted octanol–water partition coefficient (Wildman–Crippen LogP) is 8.44. The van der Waals surface area contributed by atoms with Gasteiger partial charge >= 0.3 is 5.97 Å². The Labute approximate surface area is 480 Å². The number of halogens is 3. The number of pyridine rings is 1. The summed E-state index contributed by atoms with van der Waals surface area (Å²) in [5.41, 5.74) is 3.76. The zero-order valence-electron chi connectivity index (χ0n) is 46.4. The lowest BCUT2D eigenvalue weighted by Gasteiger charge is -2.38. The minimum Gasteiger partial charge on any atom is -0.487 e. The van der Waals surface area contributed by atoms with Crippen LogP contribution in [-0.2, 0) is 32.1 Å². The molecule has 0 radical (unpaired) electrons. The molecular weight excluding hydrogens is 1090 g/mol. The lowest BCUT2D eigenvalue weighted by Crippen LogP contribution is -2.54. The first-order valence-corrected chi connectivity index (χ1v) is 28.7. The minimum absolute atomic E-state index is 0.0264. The van der Waals surface area contributed by atoms with Crippen molar-refractivity contribution in [1.29, 1.82) is 0 Å². The van der Waals surface area contributed by atoms with E-state index >= 15 is 13.2 Å². The Hall–Kier alpha value is -8.24. The summed E-state index contributed by atoms with van der Waals surface area (Å²) in [4.78, 5) is 110. The fraction of sp³-hybridized carbons (Fsp3) is 0.393. The second-order valence-electron chi connectivity index (χ2n) is 22.8. The second kappa shape index (κ2) is 22.8. The molecule has 1 atom stereocenters. The second-order valence-corrected chi connectivity index (χ2v) is 23.8. The van der Waals surface area contributed by atoms with Gasteiger partial charge in [0.1, 0.15) is 29.0 Å². The van der Waals surface area contributed by atoms with Crippen molar-refractivity contribution in [3.63, 3.8) is 0 Å². The molecular formula is C61H62F3N9O9S. The lowest BCUT2D eigenvalue weighted by molar-refractivity contribution is -0.136. The first kappa shape index (κ1) is 56.6. The third-order valence-electron chi connectivity index (χ3n) is 16.0. The molecule has 1 unspecified atom stereocenters. The van der Waals surface area contributed by atoms with Gasteiger partial charge in [0.2, 0.25) is 17.7 Å². The number of thiazole rings is 1. The van der Waals surface area contributed by atoms with Crippen LogP contribution in [0.1, 0.15) is 111 Å². The number of benzene rings is 4. The first-order chi connectivity index (χ1) is 39.7. The Bertz CT molecular complexity index is 3580. The molecule has 11 rings (SSSR count). The number of ether oxygens (including phenoxy) is 2. The van der Waals surface area contributed by atoms with E-state index in [0.717, 1.165) is 32.3 Å². The number of likely N-dealkylation sites (tertiary alicyclic amines) is 1. The van der Waals surface area contributed by atoms with Crippen LogP contribution >= 0.6 is 11.3 Å². The number of para-hydroxylation sites is 1. The molecule has 2 aromatic heterocycles. The maximum Gasteiger partial charge on any atom is 0.358 e. The Morgan fingerprint density at radius 2 is 1.52 bits per heavy atom. The zero-order chi connectivity index (χ0) is 58.5. The summed E-state index contributed by atoms with van der Waals surface area (Å²) < 4.78 is 60.0. The van der Waals surface area contributed by atoms with E-state index in [1.165, 1.54) is 17.4 Å². The van der Waals surface area contributed by atoms with Crippen LogP contribution in [0.15, 0.2) is 84.9 Å². The molecule has 7 heterocycles. The number of rotatable bonds is 14. The lowest BCUT2D eigenvalue weighted by atomic mass is 9.91. The molecule has 2 N–H and O–H groups in total. The summed E-state index contributed by atoms with van der Waals surface area (Å²) in [5.74, 6) is -7.42.